The molecular formula is C22H26N4O2. The summed E-state index contributed by atoms with van der Waals surface area (Å²) in [4.78, 5) is 14.2. The molecule has 1 amide bonds. The van der Waals surface area contributed by atoms with Crippen LogP contribution in [0.1, 0.15) is 45.4 Å². The van der Waals surface area contributed by atoms with E-state index in [0.29, 0.717) is 31.1 Å². The topological polar surface area (TPSA) is 69.0 Å². The summed E-state index contributed by atoms with van der Waals surface area (Å²) in [5, 5.41) is 11.8. The maximum Gasteiger partial charge on any atom is 0.274 e. The van der Waals surface area contributed by atoms with Crippen LogP contribution in [-0.2, 0) is 17.9 Å². The molecule has 0 unspecified atom stereocenters. The Morgan fingerprint density at radius 1 is 1.07 bits per heavy atom. The van der Waals surface area contributed by atoms with Crippen molar-refractivity contribution in [1.29, 1.82) is 0 Å². The molecule has 1 N–H and O–H groups in total. The first kappa shape index (κ1) is 19.8. The molecular weight excluding hydrogens is 352 g/mol. The van der Waals surface area contributed by atoms with Gasteiger partial charge in [-0.1, -0.05) is 42.0 Å². The Labute approximate surface area is 165 Å². The number of carbonyl (C=O) groups excluding carboxylic acids is 1. The molecule has 0 spiro atoms. The fourth-order valence-corrected chi connectivity index (χ4v) is 3.07. The molecule has 146 valence electrons. The zero-order valence-corrected chi connectivity index (χ0v) is 16.8. The molecule has 3 aromatic rings. The predicted octanol–water partition coefficient (Wildman–Crippen LogP) is 3.66. The number of amides is 1. The van der Waals surface area contributed by atoms with Crippen molar-refractivity contribution >= 4 is 5.91 Å². The Morgan fingerprint density at radius 2 is 1.82 bits per heavy atom. The summed E-state index contributed by atoms with van der Waals surface area (Å²) in [7, 11) is 0. The summed E-state index contributed by atoms with van der Waals surface area (Å²) in [6.07, 6.45) is 0. The van der Waals surface area contributed by atoms with E-state index in [1.807, 2.05) is 57.2 Å². The van der Waals surface area contributed by atoms with E-state index in [1.54, 1.807) is 6.92 Å². The van der Waals surface area contributed by atoms with Crippen LogP contribution < -0.4 is 5.32 Å². The number of nitrogens with one attached hydrogen (secondary N) is 1. The molecule has 3 rings (SSSR count). The fourth-order valence-electron chi connectivity index (χ4n) is 3.07. The highest BCUT2D eigenvalue weighted by atomic mass is 16.5. The van der Waals surface area contributed by atoms with Crippen molar-refractivity contribution in [3.63, 3.8) is 0 Å². The first-order valence-electron chi connectivity index (χ1n) is 9.44. The maximum atomic E-state index is 12.7. The second-order valence-electron chi connectivity index (χ2n) is 6.80. The second-order valence-corrected chi connectivity index (χ2v) is 6.80. The van der Waals surface area contributed by atoms with Crippen LogP contribution in [0.3, 0.4) is 0 Å². The van der Waals surface area contributed by atoms with Crippen LogP contribution in [0.2, 0.25) is 0 Å². The van der Waals surface area contributed by atoms with Crippen molar-refractivity contribution in [2.24, 2.45) is 0 Å². The largest absolute Gasteiger partial charge is 0.377 e. The minimum atomic E-state index is -0.236. The van der Waals surface area contributed by atoms with Crippen molar-refractivity contribution in [3.8, 4) is 5.69 Å². The first-order chi connectivity index (χ1) is 13.5. The molecule has 0 aliphatic heterocycles. The molecule has 2 aromatic carbocycles. The average Bonchev–Trinajstić information content (AvgIpc) is 3.06. The summed E-state index contributed by atoms with van der Waals surface area (Å²) in [5.74, 6) is -0.236. The van der Waals surface area contributed by atoms with Gasteiger partial charge in [-0.2, -0.15) is 9.90 Å². The molecule has 6 nitrogen and oxygen atoms in total. The molecule has 0 saturated carbocycles. The van der Waals surface area contributed by atoms with E-state index in [4.69, 9.17) is 4.74 Å². The van der Waals surface area contributed by atoms with Gasteiger partial charge in [-0.3, -0.25) is 4.79 Å². The number of rotatable bonds is 7. The van der Waals surface area contributed by atoms with E-state index >= 15 is 0 Å². The number of benzene rings is 2. The highest BCUT2D eigenvalue weighted by Crippen LogP contribution is 2.16. The number of aryl methyl sites for hydroxylation is 3. The van der Waals surface area contributed by atoms with Crippen LogP contribution in [-0.4, -0.2) is 27.5 Å². The van der Waals surface area contributed by atoms with Crippen molar-refractivity contribution in [1.82, 2.24) is 20.3 Å². The smallest absolute Gasteiger partial charge is 0.274 e. The summed E-state index contributed by atoms with van der Waals surface area (Å²) in [6, 6.07) is 14.0. The van der Waals surface area contributed by atoms with E-state index in [0.717, 1.165) is 22.4 Å². The second kappa shape index (κ2) is 8.80. The van der Waals surface area contributed by atoms with Crippen molar-refractivity contribution in [3.05, 3.63) is 76.1 Å². The third-order valence-corrected chi connectivity index (χ3v) is 4.58. The lowest BCUT2D eigenvalue weighted by Crippen LogP contribution is -2.24. The number of carbonyl (C=O) groups is 1. The molecule has 0 atom stereocenters. The van der Waals surface area contributed by atoms with Gasteiger partial charge < -0.3 is 10.1 Å². The lowest BCUT2D eigenvalue weighted by atomic mass is 10.1. The van der Waals surface area contributed by atoms with E-state index in [1.165, 1.54) is 10.4 Å². The van der Waals surface area contributed by atoms with E-state index in [2.05, 4.69) is 21.6 Å². The SMILES string of the molecule is CCOCc1ccccc1CNC(=O)c1nn(-c2ccc(C)cc2C)nc1C. The minimum absolute atomic E-state index is 0.236. The average molecular weight is 378 g/mol. The highest BCUT2D eigenvalue weighted by Gasteiger charge is 2.17. The third-order valence-electron chi connectivity index (χ3n) is 4.58. The Balaban J connectivity index is 1.75. The van der Waals surface area contributed by atoms with Gasteiger partial charge in [-0.05, 0) is 50.5 Å². The lowest BCUT2D eigenvalue weighted by molar-refractivity contribution is 0.0943. The zero-order valence-electron chi connectivity index (χ0n) is 16.8. The number of nitrogens with zero attached hydrogens (tertiary/aromatic N) is 3. The monoisotopic (exact) mass is 378 g/mol. The molecule has 6 heteroatoms. The standard InChI is InChI=1S/C22H26N4O2/c1-5-28-14-19-9-7-6-8-18(19)13-23-22(27)21-17(4)24-26(25-21)20-11-10-15(2)12-16(20)3/h6-12H,5,13-14H2,1-4H3,(H,23,27). The highest BCUT2D eigenvalue weighted by molar-refractivity contribution is 5.93. The Morgan fingerprint density at radius 3 is 2.54 bits per heavy atom. The van der Waals surface area contributed by atoms with Gasteiger partial charge >= 0.3 is 0 Å². The normalized spacial score (nSPS) is 10.9. The van der Waals surface area contributed by atoms with Crippen LogP contribution in [0.5, 0.6) is 0 Å². The Hall–Kier alpha value is -2.99. The molecule has 0 radical (unpaired) electrons. The van der Waals surface area contributed by atoms with Gasteiger partial charge in [0, 0.05) is 13.2 Å². The van der Waals surface area contributed by atoms with Gasteiger partial charge in [0.25, 0.3) is 5.91 Å². The fraction of sp³-hybridized carbons (Fsp3) is 0.318. The molecule has 0 bridgehead atoms. The van der Waals surface area contributed by atoms with Crippen LogP contribution >= 0.6 is 0 Å². The summed E-state index contributed by atoms with van der Waals surface area (Å²) in [5.41, 5.74) is 6.14. The molecule has 1 heterocycles. The molecule has 28 heavy (non-hydrogen) atoms. The van der Waals surface area contributed by atoms with Crippen molar-refractivity contribution in [2.45, 2.75) is 40.8 Å². The lowest BCUT2D eigenvalue weighted by Gasteiger charge is -2.10. The first-order valence-corrected chi connectivity index (χ1v) is 9.44. The van der Waals surface area contributed by atoms with E-state index < -0.39 is 0 Å². The molecule has 0 aliphatic rings. The van der Waals surface area contributed by atoms with E-state index in [9.17, 15) is 4.79 Å². The van der Waals surface area contributed by atoms with Gasteiger partial charge in [0.15, 0.2) is 5.69 Å². The summed E-state index contributed by atoms with van der Waals surface area (Å²) >= 11 is 0. The molecule has 1 aromatic heterocycles. The Bertz CT molecular complexity index is 978. The quantitative estimate of drug-likeness (QED) is 0.681. The molecule has 0 aliphatic carbocycles. The van der Waals surface area contributed by atoms with Gasteiger partial charge in [-0.25, -0.2) is 0 Å². The summed E-state index contributed by atoms with van der Waals surface area (Å²) < 4.78 is 5.50. The molecule has 0 saturated heterocycles. The van der Waals surface area contributed by atoms with Gasteiger partial charge in [-0.15, -0.1) is 5.10 Å². The van der Waals surface area contributed by atoms with Crippen LogP contribution in [0.4, 0.5) is 0 Å². The number of hydrogen-bond acceptors (Lipinski definition) is 4. The number of ether oxygens (including phenoxy) is 1. The van der Waals surface area contributed by atoms with Crippen LogP contribution in [0, 0.1) is 20.8 Å². The van der Waals surface area contributed by atoms with Gasteiger partial charge in [0.2, 0.25) is 0 Å². The third kappa shape index (κ3) is 4.46. The van der Waals surface area contributed by atoms with Gasteiger partial charge in [0.05, 0.1) is 18.0 Å². The number of aromatic nitrogens is 3. The maximum absolute atomic E-state index is 12.7. The van der Waals surface area contributed by atoms with Gasteiger partial charge in [0.1, 0.15) is 0 Å². The van der Waals surface area contributed by atoms with Crippen molar-refractivity contribution < 1.29 is 9.53 Å². The Kier molecular flexibility index (Phi) is 6.21. The van der Waals surface area contributed by atoms with Crippen LogP contribution in [0.25, 0.3) is 5.69 Å². The summed E-state index contributed by atoms with van der Waals surface area (Å²) in [6.45, 7) is 9.41. The number of hydrogen-bond donors (Lipinski definition) is 1. The minimum Gasteiger partial charge on any atom is -0.377 e. The molecule has 0 fully saturated rings. The van der Waals surface area contributed by atoms with Crippen molar-refractivity contribution in [2.75, 3.05) is 6.61 Å². The predicted molar refractivity (Wildman–Crippen MR) is 109 cm³/mol. The van der Waals surface area contributed by atoms with E-state index in [-0.39, 0.29) is 5.91 Å². The zero-order chi connectivity index (χ0) is 20.1. The van der Waals surface area contributed by atoms with Crippen LogP contribution in [0.15, 0.2) is 42.5 Å².